The molecular formula is C21H28N2S. The van der Waals surface area contributed by atoms with Crippen LogP contribution in [0.4, 0.5) is 0 Å². The van der Waals surface area contributed by atoms with Gasteiger partial charge in [0.2, 0.25) is 0 Å². The molecule has 2 aromatic carbocycles. The molecule has 0 saturated heterocycles. The average molecular weight is 341 g/mol. The van der Waals surface area contributed by atoms with Crippen molar-refractivity contribution >= 4 is 11.8 Å². The predicted octanol–water partition coefficient (Wildman–Crippen LogP) is 4.70. The third-order valence-electron chi connectivity index (χ3n) is 4.87. The van der Waals surface area contributed by atoms with E-state index >= 15 is 0 Å². The van der Waals surface area contributed by atoms with Crippen molar-refractivity contribution in [1.82, 2.24) is 10.2 Å². The highest BCUT2D eigenvalue weighted by atomic mass is 32.2. The van der Waals surface area contributed by atoms with E-state index < -0.39 is 0 Å². The van der Waals surface area contributed by atoms with Gasteiger partial charge in [-0.2, -0.15) is 0 Å². The first-order chi connectivity index (χ1) is 11.8. The number of hydrogen-bond donors (Lipinski definition) is 1. The van der Waals surface area contributed by atoms with Crippen LogP contribution in [0.5, 0.6) is 0 Å². The topological polar surface area (TPSA) is 15.3 Å². The summed E-state index contributed by atoms with van der Waals surface area (Å²) in [6.45, 7) is 8.99. The number of thioether (sulfide) groups is 1. The molecule has 3 heteroatoms. The van der Waals surface area contributed by atoms with Crippen molar-refractivity contribution in [2.75, 3.05) is 26.2 Å². The molecule has 2 nitrogen and oxygen atoms in total. The van der Waals surface area contributed by atoms with Crippen molar-refractivity contribution in [2.45, 2.75) is 37.0 Å². The molecule has 0 spiro atoms. The van der Waals surface area contributed by atoms with Gasteiger partial charge in [-0.3, -0.25) is 0 Å². The molecule has 1 aliphatic rings. The maximum Gasteiger partial charge on any atom is 0.0590 e. The minimum Gasteiger partial charge on any atom is -0.306 e. The fourth-order valence-electron chi connectivity index (χ4n) is 3.43. The zero-order chi connectivity index (χ0) is 16.8. The first-order valence-corrected chi connectivity index (χ1v) is 10.1. The van der Waals surface area contributed by atoms with Gasteiger partial charge in [0.25, 0.3) is 0 Å². The summed E-state index contributed by atoms with van der Waals surface area (Å²) >= 11 is 1.96. The number of fused-ring (bicyclic) bond motifs is 2. The standard InChI is InChI=1S/C21H28N2S/c1-3-23(4-2)15-9-14-22-21-18-11-6-5-10-17(18)16-24-20-13-8-7-12-19(20)21/h5-8,10-13,21-22H,3-4,9,14-16H2,1-2H3. The molecule has 0 amide bonds. The van der Waals surface area contributed by atoms with Crippen LogP contribution in [-0.2, 0) is 5.75 Å². The molecule has 1 atom stereocenters. The van der Waals surface area contributed by atoms with Crippen molar-refractivity contribution in [2.24, 2.45) is 0 Å². The van der Waals surface area contributed by atoms with Gasteiger partial charge in [-0.05, 0) is 55.4 Å². The van der Waals surface area contributed by atoms with Crippen LogP contribution in [0.15, 0.2) is 53.4 Å². The molecule has 0 fully saturated rings. The van der Waals surface area contributed by atoms with Crippen LogP contribution in [-0.4, -0.2) is 31.1 Å². The third-order valence-corrected chi connectivity index (χ3v) is 6.01. The van der Waals surface area contributed by atoms with E-state index in [1.54, 1.807) is 0 Å². The smallest absolute Gasteiger partial charge is 0.0590 e. The molecule has 3 rings (SSSR count). The molecule has 24 heavy (non-hydrogen) atoms. The summed E-state index contributed by atoms with van der Waals surface area (Å²) in [5.74, 6) is 1.06. The summed E-state index contributed by atoms with van der Waals surface area (Å²) < 4.78 is 0. The zero-order valence-electron chi connectivity index (χ0n) is 14.8. The van der Waals surface area contributed by atoms with Crippen LogP contribution in [0.3, 0.4) is 0 Å². The van der Waals surface area contributed by atoms with Crippen LogP contribution in [0, 0.1) is 0 Å². The second-order valence-electron chi connectivity index (χ2n) is 6.29. The van der Waals surface area contributed by atoms with E-state index in [-0.39, 0.29) is 0 Å². The van der Waals surface area contributed by atoms with Crippen LogP contribution in [0.25, 0.3) is 0 Å². The van der Waals surface area contributed by atoms with Crippen LogP contribution < -0.4 is 5.32 Å². The van der Waals surface area contributed by atoms with Gasteiger partial charge in [0, 0.05) is 10.6 Å². The third kappa shape index (κ3) is 4.02. The number of nitrogens with zero attached hydrogens (tertiary/aromatic N) is 1. The fraction of sp³-hybridized carbons (Fsp3) is 0.429. The van der Waals surface area contributed by atoms with E-state index in [0.717, 1.165) is 25.4 Å². The van der Waals surface area contributed by atoms with E-state index in [2.05, 4.69) is 72.6 Å². The molecule has 1 unspecified atom stereocenters. The Bertz CT molecular complexity index is 604. The van der Waals surface area contributed by atoms with Gasteiger partial charge in [0.05, 0.1) is 6.04 Å². The van der Waals surface area contributed by atoms with Crippen LogP contribution in [0.1, 0.15) is 43.0 Å². The van der Waals surface area contributed by atoms with Crippen LogP contribution in [0.2, 0.25) is 0 Å². The van der Waals surface area contributed by atoms with E-state index in [9.17, 15) is 0 Å². The lowest BCUT2D eigenvalue weighted by Crippen LogP contribution is -2.29. The lowest BCUT2D eigenvalue weighted by molar-refractivity contribution is 0.296. The van der Waals surface area contributed by atoms with Gasteiger partial charge in [0.1, 0.15) is 0 Å². The van der Waals surface area contributed by atoms with E-state index in [1.165, 1.54) is 34.6 Å². The number of rotatable bonds is 7. The summed E-state index contributed by atoms with van der Waals surface area (Å²) in [7, 11) is 0. The molecule has 1 aliphatic heterocycles. The Morgan fingerprint density at radius 2 is 1.71 bits per heavy atom. The number of hydrogen-bond acceptors (Lipinski definition) is 3. The lowest BCUT2D eigenvalue weighted by Gasteiger charge is -2.23. The Morgan fingerprint density at radius 3 is 2.50 bits per heavy atom. The zero-order valence-corrected chi connectivity index (χ0v) is 15.6. The summed E-state index contributed by atoms with van der Waals surface area (Å²) in [5, 5.41) is 3.84. The molecule has 1 heterocycles. The molecule has 128 valence electrons. The fourth-order valence-corrected chi connectivity index (χ4v) is 4.53. The van der Waals surface area contributed by atoms with Gasteiger partial charge in [-0.15, -0.1) is 11.8 Å². The van der Waals surface area contributed by atoms with Crippen molar-refractivity contribution in [3.8, 4) is 0 Å². The first kappa shape index (κ1) is 17.5. The summed E-state index contributed by atoms with van der Waals surface area (Å²) in [6, 6.07) is 18.1. The number of nitrogens with one attached hydrogen (secondary N) is 1. The van der Waals surface area contributed by atoms with Gasteiger partial charge in [0.15, 0.2) is 0 Å². The monoisotopic (exact) mass is 340 g/mol. The normalized spacial score (nSPS) is 16.5. The summed E-state index contributed by atoms with van der Waals surface area (Å²) in [5.41, 5.74) is 4.33. The van der Waals surface area contributed by atoms with Crippen molar-refractivity contribution in [3.05, 3.63) is 65.2 Å². The van der Waals surface area contributed by atoms with E-state index in [4.69, 9.17) is 0 Å². The predicted molar refractivity (Wildman–Crippen MR) is 105 cm³/mol. The second kappa shape index (κ2) is 8.70. The molecule has 0 radical (unpaired) electrons. The molecular weight excluding hydrogens is 312 g/mol. The largest absolute Gasteiger partial charge is 0.306 e. The SMILES string of the molecule is CCN(CC)CCCNC1c2ccccc2CSc2ccccc21. The quantitative estimate of drug-likeness (QED) is 0.735. The Labute approximate surface area is 150 Å². The Hall–Kier alpha value is -1.29. The minimum atomic E-state index is 0.309. The average Bonchev–Trinajstić information content (AvgIpc) is 2.79. The maximum atomic E-state index is 3.84. The minimum absolute atomic E-state index is 0.309. The Kier molecular flexibility index (Phi) is 6.36. The highest BCUT2D eigenvalue weighted by Crippen LogP contribution is 2.39. The maximum absolute atomic E-state index is 3.84. The molecule has 0 bridgehead atoms. The van der Waals surface area contributed by atoms with Gasteiger partial charge in [-0.1, -0.05) is 56.3 Å². The lowest BCUT2D eigenvalue weighted by atomic mass is 9.95. The molecule has 2 aromatic rings. The van der Waals surface area contributed by atoms with Gasteiger partial charge >= 0.3 is 0 Å². The summed E-state index contributed by atoms with van der Waals surface area (Å²) in [6.07, 6.45) is 1.19. The second-order valence-corrected chi connectivity index (χ2v) is 7.31. The van der Waals surface area contributed by atoms with Crippen molar-refractivity contribution < 1.29 is 0 Å². The summed E-state index contributed by atoms with van der Waals surface area (Å²) in [4.78, 5) is 3.90. The number of benzene rings is 2. The Morgan fingerprint density at radius 1 is 1.00 bits per heavy atom. The van der Waals surface area contributed by atoms with Crippen LogP contribution >= 0.6 is 11.8 Å². The molecule has 0 saturated carbocycles. The molecule has 1 N–H and O–H groups in total. The Balaban J connectivity index is 1.76. The van der Waals surface area contributed by atoms with E-state index in [1.807, 2.05) is 11.8 Å². The van der Waals surface area contributed by atoms with Gasteiger partial charge in [-0.25, -0.2) is 0 Å². The van der Waals surface area contributed by atoms with Crippen molar-refractivity contribution in [3.63, 3.8) is 0 Å². The molecule has 0 aromatic heterocycles. The highest BCUT2D eigenvalue weighted by molar-refractivity contribution is 7.98. The van der Waals surface area contributed by atoms with E-state index in [0.29, 0.717) is 6.04 Å². The van der Waals surface area contributed by atoms with Crippen molar-refractivity contribution in [1.29, 1.82) is 0 Å². The van der Waals surface area contributed by atoms with Gasteiger partial charge < -0.3 is 10.2 Å². The highest BCUT2D eigenvalue weighted by Gasteiger charge is 2.22. The molecule has 0 aliphatic carbocycles. The first-order valence-electron chi connectivity index (χ1n) is 9.08.